The number of carboxylic acid groups (broad SMARTS) is 1. The van der Waals surface area contributed by atoms with Gasteiger partial charge in [0.25, 0.3) is 0 Å². The summed E-state index contributed by atoms with van der Waals surface area (Å²) in [4.78, 5) is 48.6. The molecule has 2 atom stereocenters. The first-order chi connectivity index (χ1) is 17.9. The van der Waals surface area contributed by atoms with Crippen LogP contribution in [0, 0.1) is 0 Å². The fourth-order valence-corrected chi connectivity index (χ4v) is 3.35. The molecule has 0 fully saturated rings. The fraction of sp³-hybridized carbons (Fsp3) is 0.333. The minimum atomic E-state index is -1.20. The van der Waals surface area contributed by atoms with E-state index in [-0.39, 0.29) is 26.1 Å². The fourth-order valence-electron chi connectivity index (χ4n) is 3.35. The maximum absolute atomic E-state index is 13.0. The molecule has 0 aliphatic carbocycles. The summed E-state index contributed by atoms with van der Waals surface area (Å²) in [5.41, 5.74) is 1.57. The molecule has 0 spiro atoms. The molecule has 0 heterocycles. The Morgan fingerprint density at radius 2 is 1.49 bits per heavy atom. The highest BCUT2D eigenvalue weighted by atomic mass is 16.6. The predicted octanol–water partition coefficient (Wildman–Crippen LogP) is 3.18. The second-order valence-corrected chi connectivity index (χ2v) is 8.16. The number of unbranched alkanes of at least 4 members (excludes halogenated alkanes) is 1. The highest BCUT2D eigenvalue weighted by Gasteiger charge is 2.27. The topological polar surface area (TPSA) is 143 Å². The van der Waals surface area contributed by atoms with Crippen molar-refractivity contribution in [3.05, 3.63) is 84.4 Å². The standard InChI is InChI=1S/C27H33N3O7/c1-2-17-36-26(34)28-16-10-9-15-22(25(32)33)29-24(31)23(18-20-11-5-3-6-12-20)30-27(35)37-19-21-13-7-4-8-14-21/h2-8,11-14,22-23H,1,9-10,15-19H2,(H,28,34)(H,29,31)(H,30,35)(H,32,33). The first-order valence-electron chi connectivity index (χ1n) is 11.9. The molecule has 3 amide bonds. The molecule has 2 unspecified atom stereocenters. The van der Waals surface area contributed by atoms with Gasteiger partial charge >= 0.3 is 18.2 Å². The van der Waals surface area contributed by atoms with Crippen molar-refractivity contribution in [1.29, 1.82) is 0 Å². The van der Waals surface area contributed by atoms with Gasteiger partial charge in [-0.05, 0) is 30.4 Å². The lowest BCUT2D eigenvalue weighted by Crippen LogP contribution is -2.52. The lowest BCUT2D eigenvalue weighted by Gasteiger charge is -2.21. The van der Waals surface area contributed by atoms with Gasteiger partial charge in [0.1, 0.15) is 25.3 Å². The Hall–Kier alpha value is -4.34. The number of carbonyl (C=O) groups is 4. The number of carboxylic acids is 1. The minimum absolute atomic E-state index is 0.0271. The molecule has 0 radical (unpaired) electrons. The summed E-state index contributed by atoms with van der Waals surface area (Å²) in [5.74, 6) is -1.84. The summed E-state index contributed by atoms with van der Waals surface area (Å²) in [6.45, 7) is 3.86. The molecule has 0 aromatic heterocycles. The van der Waals surface area contributed by atoms with Gasteiger partial charge < -0.3 is 30.5 Å². The summed E-state index contributed by atoms with van der Waals surface area (Å²) in [6.07, 6.45) is 1.27. The third-order valence-electron chi connectivity index (χ3n) is 5.24. The molecule has 198 valence electrons. The summed E-state index contributed by atoms with van der Waals surface area (Å²) >= 11 is 0. The molecule has 4 N–H and O–H groups in total. The van der Waals surface area contributed by atoms with Gasteiger partial charge in [-0.2, -0.15) is 0 Å². The SMILES string of the molecule is C=CCOC(=O)NCCCCC(NC(=O)C(Cc1ccccc1)NC(=O)OCc1ccccc1)C(=O)O. The molecule has 37 heavy (non-hydrogen) atoms. The Kier molecular flexibility index (Phi) is 12.8. The number of aliphatic carboxylic acids is 1. The molecule has 0 saturated heterocycles. The van der Waals surface area contributed by atoms with Crippen molar-refractivity contribution < 1.29 is 33.8 Å². The first kappa shape index (κ1) is 28.9. The van der Waals surface area contributed by atoms with Gasteiger partial charge in [-0.1, -0.05) is 73.3 Å². The maximum atomic E-state index is 13.0. The van der Waals surface area contributed by atoms with E-state index in [1.54, 1.807) is 36.4 Å². The van der Waals surface area contributed by atoms with Crippen molar-refractivity contribution in [2.45, 2.75) is 44.4 Å². The highest BCUT2D eigenvalue weighted by Crippen LogP contribution is 2.07. The maximum Gasteiger partial charge on any atom is 0.408 e. The third-order valence-corrected chi connectivity index (χ3v) is 5.24. The molecular formula is C27H33N3O7. The van der Waals surface area contributed by atoms with Crippen LogP contribution in [0.5, 0.6) is 0 Å². The Bertz CT molecular complexity index is 1020. The molecule has 0 bridgehead atoms. The number of hydrogen-bond donors (Lipinski definition) is 4. The molecule has 2 aromatic rings. The van der Waals surface area contributed by atoms with Crippen LogP contribution in [0.25, 0.3) is 0 Å². The second-order valence-electron chi connectivity index (χ2n) is 8.16. The van der Waals surface area contributed by atoms with Gasteiger partial charge in [0.2, 0.25) is 5.91 Å². The van der Waals surface area contributed by atoms with Crippen LogP contribution < -0.4 is 16.0 Å². The number of alkyl carbamates (subject to hydrolysis) is 2. The van der Waals surface area contributed by atoms with Crippen molar-refractivity contribution in [2.24, 2.45) is 0 Å². The van der Waals surface area contributed by atoms with Crippen molar-refractivity contribution in [1.82, 2.24) is 16.0 Å². The van der Waals surface area contributed by atoms with Crippen molar-refractivity contribution in [3.63, 3.8) is 0 Å². The van der Waals surface area contributed by atoms with Crippen LogP contribution >= 0.6 is 0 Å². The number of amides is 3. The van der Waals surface area contributed by atoms with Gasteiger partial charge in [-0.15, -0.1) is 0 Å². The van der Waals surface area contributed by atoms with Crippen LogP contribution in [0.1, 0.15) is 30.4 Å². The van der Waals surface area contributed by atoms with E-state index in [4.69, 9.17) is 9.47 Å². The zero-order valence-corrected chi connectivity index (χ0v) is 20.6. The van der Waals surface area contributed by atoms with E-state index in [1.807, 2.05) is 24.3 Å². The summed E-state index contributed by atoms with van der Waals surface area (Å²) in [7, 11) is 0. The van der Waals surface area contributed by atoms with Gasteiger partial charge in [-0.25, -0.2) is 14.4 Å². The van der Waals surface area contributed by atoms with E-state index in [0.29, 0.717) is 19.4 Å². The van der Waals surface area contributed by atoms with Crippen molar-refractivity contribution >= 4 is 24.1 Å². The highest BCUT2D eigenvalue weighted by molar-refractivity contribution is 5.89. The average Bonchev–Trinajstić information content (AvgIpc) is 2.90. The molecule has 0 aliphatic heterocycles. The first-order valence-corrected chi connectivity index (χ1v) is 11.9. The summed E-state index contributed by atoms with van der Waals surface area (Å²) in [6, 6.07) is 15.9. The number of nitrogens with one attached hydrogen (secondary N) is 3. The quantitative estimate of drug-likeness (QED) is 0.212. The molecule has 0 saturated carbocycles. The Morgan fingerprint density at radius 3 is 2.11 bits per heavy atom. The third kappa shape index (κ3) is 11.8. The normalized spacial score (nSPS) is 11.9. The number of carbonyl (C=O) groups excluding carboxylic acids is 3. The zero-order valence-electron chi connectivity index (χ0n) is 20.6. The monoisotopic (exact) mass is 511 g/mol. The van der Waals surface area contributed by atoms with Crippen LogP contribution in [-0.2, 0) is 32.1 Å². The summed E-state index contributed by atoms with van der Waals surface area (Å²) < 4.78 is 10.0. The molecule has 0 aliphatic rings. The van der Waals surface area contributed by atoms with Crippen LogP contribution in [-0.4, -0.2) is 54.4 Å². The van der Waals surface area contributed by atoms with E-state index >= 15 is 0 Å². The number of hydrogen-bond acceptors (Lipinski definition) is 6. The van der Waals surface area contributed by atoms with E-state index < -0.39 is 36.1 Å². The van der Waals surface area contributed by atoms with Crippen LogP contribution in [0.2, 0.25) is 0 Å². The minimum Gasteiger partial charge on any atom is -0.480 e. The molecule has 10 heteroatoms. The lowest BCUT2D eigenvalue weighted by atomic mass is 10.0. The van der Waals surface area contributed by atoms with Crippen LogP contribution in [0.4, 0.5) is 9.59 Å². The molecule has 2 rings (SSSR count). The smallest absolute Gasteiger partial charge is 0.408 e. The van der Waals surface area contributed by atoms with Gasteiger partial charge in [-0.3, -0.25) is 4.79 Å². The summed E-state index contributed by atoms with van der Waals surface area (Å²) in [5, 5.41) is 17.2. The average molecular weight is 512 g/mol. The Morgan fingerprint density at radius 1 is 0.838 bits per heavy atom. The largest absolute Gasteiger partial charge is 0.480 e. The van der Waals surface area contributed by atoms with Gasteiger partial charge in [0.15, 0.2) is 0 Å². The van der Waals surface area contributed by atoms with E-state index in [0.717, 1.165) is 11.1 Å². The number of benzene rings is 2. The van der Waals surface area contributed by atoms with Crippen LogP contribution in [0.3, 0.4) is 0 Å². The van der Waals surface area contributed by atoms with E-state index in [9.17, 15) is 24.3 Å². The molecule has 2 aromatic carbocycles. The Labute approximate surface area is 216 Å². The Balaban J connectivity index is 1.92. The van der Waals surface area contributed by atoms with Gasteiger partial charge in [0, 0.05) is 13.0 Å². The number of rotatable bonds is 15. The zero-order chi connectivity index (χ0) is 26.9. The van der Waals surface area contributed by atoms with Gasteiger partial charge in [0.05, 0.1) is 0 Å². The molecule has 10 nitrogen and oxygen atoms in total. The second kappa shape index (κ2) is 16.4. The van der Waals surface area contributed by atoms with Crippen LogP contribution in [0.15, 0.2) is 73.3 Å². The number of ether oxygens (including phenoxy) is 2. The van der Waals surface area contributed by atoms with E-state index in [2.05, 4.69) is 22.5 Å². The van der Waals surface area contributed by atoms with Crippen molar-refractivity contribution in [3.8, 4) is 0 Å². The van der Waals surface area contributed by atoms with E-state index in [1.165, 1.54) is 6.08 Å². The predicted molar refractivity (Wildman–Crippen MR) is 137 cm³/mol. The lowest BCUT2D eigenvalue weighted by molar-refractivity contribution is -0.142. The molecular weight excluding hydrogens is 478 g/mol. The van der Waals surface area contributed by atoms with Crippen molar-refractivity contribution in [2.75, 3.05) is 13.2 Å².